The molecule has 2 rings (SSSR count). The van der Waals surface area contributed by atoms with Gasteiger partial charge in [-0.3, -0.25) is 5.10 Å². The fraction of sp³-hybridized carbons (Fsp3) is 0.308. The van der Waals surface area contributed by atoms with E-state index in [4.69, 9.17) is 0 Å². The number of aromatic amines is 1. The van der Waals surface area contributed by atoms with E-state index in [1.807, 2.05) is 6.92 Å². The molecule has 4 nitrogen and oxygen atoms in total. The number of nitrogens with one attached hydrogen (secondary N) is 2. The number of nitrogens with zero attached hydrogens (tertiary/aromatic N) is 1. The minimum absolute atomic E-state index is 0.297. The predicted octanol–water partition coefficient (Wildman–Crippen LogP) is 1.68. The number of halogens is 1. The van der Waals surface area contributed by atoms with Crippen molar-refractivity contribution < 1.29 is 9.50 Å². The molecule has 0 saturated carbocycles. The zero-order valence-corrected chi connectivity index (χ0v) is 10.2. The van der Waals surface area contributed by atoms with Crippen molar-refractivity contribution in [2.75, 3.05) is 6.54 Å². The molecule has 2 aromatic rings. The lowest BCUT2D eigenvalue weighted by molar-refractivity contribution is 0.169. The molecule has 0 radical (unpaired) electrons. The van der Waals surface area contributed by atoms with Crippen LogP contribution in [-0.2, 0) is 6.54 Å². The molecule has 3 N–H and O–H groups in total. The molecule has 0 spiro atoms. The summed E-state index contributed by atoms with van der Waals surface area (Å²) in [4.78, 5) is 0. The fourth-order valence-electron chi connectivity index (χ4n) is 1.75. The summed E-state index contributed by atoms with van der Waals surface area (Å²) in [6.07, 6.45) is 0.885. The summed E-state index contributed by atoms with van der Waals surface area (Å²) in [6.45, 7) is 2.82. The van der Waals surface area contributed by atoms with Crippen molar-refractivity contribution in [3.63, 3.8) is 0 Å². The van der Waals surface area contributed by atoms with Gasteiger partial charge in [0, 0.05) is 29.9 Å². The third kappa shape index (κ3) is 2.94. The number of aliphatic hydroxyl groups is 1. The highest BCUT2D eigenvalue weighted by Crippen LogP contribution is 2.15. The molecule has 0 amide bonds. The van der Waals surface area contributed by atoms with Crippen LogP contribution in [0.3, 0.4) is 0 Å². The Hall–Kier alpha value is -1.72. The van der Waals surface area contributed by atoms with Gasteiger partial charge in [0.1, 0.15) is 5.82 Å². The molecule has 1 aromatic heterocycles. The van der Waals surface area contributed by atoms with E-state index in [1.165, 1.54) is 6.07 Å². The Morgan fingerprint density at radius 1 is 1.44 bits per heavy atom. The van der Waals surface area contributed by atoms with Crippen molar-refractivity contribution >= 4 is 0 Å². The van der Waals surface area contributed by atoms with E-state index in [2.05, 4.69) is 15.5 Å². The van der Waals surface area contributed by atoms with E-state index in [0.717, 1.165) is 11.3 Å². The van der Waals surface area contributed by atoms with Gasteiger partial charge in [-0.2, -0.15) is 5.10 Å². The molecule has 0 bridgehead atoms. The lowest BCUT2D eigenvalue weighted by Gasteiger charge is -2.12. The Bertz CT molecular complexity index is 512. The first-order valence-corrected chi connectivity index (χ1v) is 5.80. The van der Waals surface area contributed by atoms with Gasteiger partial charge in [0.25, 0.3) is 0 Å². The van der Waals surface area contributed by atoms with Crippen LogP contribution in [0.2, 0.25) is 0 Å². The normalized spacial score (nSPS) is 12.6. The number of hydrogen-bond acceptors (Lipinski definition) is 3. The summed E-state index contributed by atoms with van der Waals surface area (Å²) in [5.74, 6) is -0.383. The second-order valence-corrected chi connectivity index (χ2v) is 4.19. The first-order valence-electron chi connectivity index (χ1n) is 5.80. The molecular weight excluding hydrogens is 233 g/mol. The maximum absolute atomic E-state index is 13.4. The average Bonchev–Trinajstić information content (AvgIpc) is 2.75. The Labute approximate surface area is 105 Å². The van der Waals surface area contributed by atoms with Crippen LogP contribution in [0.4, 0.5) is 4.39 Å². The standard InChI is InChI=1S/C13H16FN3O/c1-9-10(7-16-17-9)6-15-8-13(18)11-4-2-3-5-12(11)14/h2-5,7,13,15,18H,6,8H2,1H3,(H,16,17)/t13-/m0/s1. The highest BCUT2D eigenvalue weighted by atomic mass is 19.1. The number of H-pyrrole nitrogens is 1. The summed E-state index contributed by atoms with van der Waals surface area (Å²) >= 11 is 0. The van der Waals surface area contributed by atoms with Gasteiger partial charge in [0.2, 0.25) is 0 Å². The van der Waals surface area contributed by atoms with Crippen LogP contribution in [0, 0.1) is 12.7 Å². The second-order valence-electron chi connectivity index (χ2n) is 4.19. The lowest BCUT2D eigenvalue weighted by Crippen LogP contribution is -2.21. The molecule has 0 fully saturated rings. The summed E-state index contributed by atoms with van der Waals surface area (Å²) in [6, 6.07) is 6.25. The van der Waals surface area contributed by atoms with Crippen LogP contribution in [0.5, 0.6) is 0 Å². The molecular formula is C13H16FN3O. The van der Waals surface area contributed by atoms with Gasteiger partial charge in [-0.05, 0) is 13.0 Å². The molecule has 18 heavy (non-hydrogen) atoms. The zero-order valence-electron chi connectivity index (χ0n) is 10.2. The van der Waals surface area contributed by atoms with Crippen LogP contribution in [0.25, 0.3) is 0 Å². The minimum Gasteiger partial charge on any atom is -0.387 e. The SMILES string of the molecule is Cc1[nH]ncc1CNC[C@H](O)c1ccccc1F. The van der Waals surface area contributed by atoms with Gasteiger partial charge in [-0.15, -0.1) is 0 Å². The molecule has 1 heterocycles. The molecule has 0 unspecified atom stereocenters. The smallest absolute Gasteiger partial charge is 0.129 e. The zero-order chi connectivity index (χ0) is 13.0. The number of rotatable bonds is 5. The van der Waals surface area contributed by atoms with Gasteiger partial charge in [-0.25, -0.2) is 4.39 Å². The van der Waals surface area contributed by atoms with Crippen molar-refractivity contribution in [3.8, 4) is 0 Å². The van der Waals surface area contributed by atoms with Gasteiger partial charge in [0.15, 0.2) is 0 Å². The van der Waals surface area contributed by atoms with Crippen molar-refractivity contribution in [1.82, 2.24) is 15.5 Å². The number of aryl methyl sites for hydroxylation is 1. The second kappa shape index (κ2) is 5.75. The first-order chi connectivity index (χ1) is 8.68. The van der Waals surface area contributed by atoms with E-state index < -0.39 is 6.10 Å². The summed E-state index contributed by atoms with van der Waals surface area (Å²) in [5, 5.41) is 19.7. The summed E-state index contributed by atoms with van der Waals surface area (Å²) < 4.78 is 13.4. The van der Waals surface area contributed by atoms with E-state index in [0.29, 0.717) is 18.7 Å². The fourth-order valence-corrected chi connectivity index (χ4v) is 1.75. The number of hydrogen-bond donors (Lipinski definition) is 3. The van der Waals surface area contributed by atoms with Gasteiger partial charge < -0.3 is 10.4 Å². The van der Waals surface area contributed by atoms with Crippen molar-refractivity contribution in [2.24, 2.45) is 0 Å². The van der Waals surface area contributed by atoms with Crippen LogP contribution >= 0.6 is 0 Å². The van der Waals surface area contributed by atoms with Crippen LogP contribution < -0.4 is 5.32 Å². The highest BCUT2D eigenvalue weighted by Gasteiger charge is 2.11. The molecule has 0 aliphatic carbocycles. The van der Waals surface area contributed by atoms with Crippen LogP contribution in [0.1, 0.15) is 22.9 Å². The summed E-state index contributed by atoms with van der Waals surface area (Å²) in [5.41, 5.74) is 2.34. The maximum Gasteiger partial charge on any atom is 0.129 e. The molecule has 5 heteroatoms. The molecule has 1 atom stereocenters. The molecule has 0 aliphatic rings. The third-order valence-corrected chi connectivity index (χ3v) is 2.85. The Morgan fingerprint density at radius 3 is 2.89 bits per heavy atom. The maximum atomic E-state index is 13.4. The molecule has 1 aromatic carbocycles. The minimum atomic E-state index is -0.849. The Balaban J connectivity index is 1.87. The van der Waals surface area contributed by atoms with Gasteiger partial charge in [0.05, 0.1) is 12.3 Å². The monoisotopic (exact) mass is 249 g/mol. The average molecular weight is 249 g/mol. The van der Waals surface area contributed by atoms with E-state index in [9.17, 15) is 9.50 Å². The Kier molecular flexibility index (Phi) is 4.07. The molecule has 0 saturated heterocycles. The van der Waals surface area contributed by atoms with Gasteiger partial charge >= 0.3 is 0 Å². The molecule has 96 valence electrons. The quantitative estimate of drug-likeness (QED) is 0.755. The number of aromatic nitrogens is 2. The van der Waals surface area contributed by atoms with Crippen molar-refractivity contribution in [1.29, 1.82) is 0 Å². The first kappa shape index (κ1) is 12.7. The van der Waals surface area contributed by atoms with E-state index >= 15 is 0 Å². The largest absolute Gasteiger partial charge is 0.387 e. The Morgan fingerprint density at radius 2 is 2.22 bits per heavy atom. The van der Waals surface area contributed by atoms with Crippen molar-refractivity contribution in [3.05, 3.63) is 53.1 Å². The number of benzene rings is 1. The third-order valence-electron chi connectivity index (χ3n) is 2.85. The topological polar surface area (TPSA) is 60.9 Å². The summed E-state index contributed by atoms with van der Waals surface area (Å²) in [7, 11) is 0. The predicted molar refractivity (Wildman–Crippen MR) is 66.4 cm³/mol. The van der Waals surface area contributed by atoms with E-state index in [-0.39, 0.29) is 5.82 Å². The highest BCUT2D eigenvalue weighted by molar-refractivity contribution is 5.20. The van der Waals surface area contributed by atoms with Crippen LogP contribution in [-0.4, -0.2) is 21.8 Å². The van der Waals surface area contributed by atoms with E-state index in [1.54, 1.807) is 24.4 Å². The molecule has 0 aliphatic heterocycles. The van der Waals surface area contributed by atoms with Crippen LogP contribution in [0.15, 0.2) is 30.5 Å². The van der Waals surface area contributed by atoms with Crippen molar-refractivity contribution in [2.45, 2.75) is 19.6 Å². The number of aliphatic hydroxyl groups excluding tert-OH is 1. The lowest BCUT2D eigenvalue weighted by atomic mass is 10.1. The van der Waals surface area contributed by atoms with Gasteiger partial charge in [-0.1, -0.05) is 18.2 Å².